The van der Waals surface area contributed by atoms with Gasteiger partial charge in [-0.2, -0.15) is 0 Å². The van der Waals surface area contributed by atoms with Gasteiger partial charge in [0.25, 0.3) is 0 Å². The summed E-state index contributed by atoms with van der Waals surface area (Å²) < 4.78 is 30.8. The van der Waals surface area contributed by atoms with Crippen LogP contribution in [0.25, 0.3) is 0 Å². The Kier molecular flexibility index (Phi) is 58.1. The topological polar surface area (TPSA) is 111 Å². The Morgan fingerprint density at radius 3 is 1.18 bits per heavy atom. The van der Waals surface area contributed by atoms with Crippen LogP contribution in [0, 0.1) is 0 Å². The van der Waals surface area contributed by atoms with Gasteiger partial charge in [-0.25, -0.2) is 4.57 Å². The molecule has 0 saturated heterocycles. The van der Waals surface area contributed by atoms with E-state index in [2.05, 4.69) is 74.7 Å². The van der Waals surface area contributed by atoms with Gasteiger partial charge in [0.15, 0.2) is 0 Å². The van der Waals surface area contributed by atoms with Crippen molar-refractivity contribution < 1.29 is 37.3 Å². The molecule has 0 aliphatic heterocycles. The fourth-order valence-electron chi connectivity index (χ4n) is 9.88. The third-order valence-electron chi connectivity index (χ3n) is 15.2. The van der Waals surface area contributed by atoms with E-state index >= 15 is 0 Å². The van der Waals surface area contributed by atoms with Gasteiger partial charge < -0.3 is 19.4 Å². The summed E-state index contributed by atoms with van der Waals surface area (Å²) in [6, 6.07) is -0.860. The number of nitrogens with zero attached hydrogens (tertiary/aromatic N) is 1. The normalized spacial score (nSPS) is 13.9. The third-order valence-corrected chi connectivity index (χ3v) is 16.2. The molecule has 468 valence electrons. The summed E-state index contributed by atoms with van der Waals surface area (Å²) in [5, 5.41) is 3.05. The van der Waals surface area contributed by atoms with Crippen LogP contribution in [-0.4, -0.2) is 74.3 Å². The van der Waals surface area contributed by atoms with Gasteiger partial charge in [0.2, 0.25) is 5.91 Å². The van der Waals surface area contributed by atoms with Gasteiger partial charge in [0, 0.05) is 12.8 Å². The molecule has 0 rings (SSSR count). The van der Waals surface area contributed by atoms with Crippen LogP contribution < -0.4 is 5.32 Å². The number of hydrogen-bond donors (Lipinski definition) is 2. The van der Waals surface area contributed by atoms with E-state index in [-0.39, 0.29) is 31.5 Å². The highest BCUT2D eigenvalue weighted by molar-refractivity contribution is 7.47. The molecule has 3 atom stereocenters. The molecule has 0 radical (unpaired) electrons. The highest BCUT2D eigenvalue weighted by Gasteiger charge is 2.30. The lowest BCUT2D eigenvalue weighted by Crippen LogP contribution is -2.47. The number of amides is 1. The summed E-state index contributed by atoms with van der Waals surface area (Å²) in [7, 11) is 1.49. The van der Waals surface area contributed by atoms with Gasteiger partial charge in [-0.05, 0) is 96.0 Å². The van der Waals surface area contributed by atoms with E-state index in [1.165, 1.54) is 205 Å². The molecule has 1 amide bonds. The number of carbonyl (C=O) groups excluding carboxylic acids is 2. The van der Waals surface area contributed by atoms with Crippen molar-refractivity contribution in [2.75, 3.05) is 40.9 Å². The summed E-state index contributed by atoms with van der Waals surface area (Å²) in [4.78, 5) is 37.8. The second kappa shape index (κ2) is 59.9. The summed E-state index contributed by atoms with van der Waals surface area (Å²) in [5.74, 6) is -0.520. The summed E-state index contributed by atoms with van der Waals surface area (Å²) in [6.07, 6.45) is 76.6. The van der Waals surface area contributed by atoms with Crippen LogP contribution in [0.2, 0.25) is 0 Å². The summed E-state index contributed by atoms with van der Waals surface area (Å²) in [6.45, 7) is 6.99. The van der Waals surface area contributed by atoms with Crippen molar-refractivity contribution in [2.24, 2.45) is 0 Å². The molecule has 0 aromatic rings. The molecule has 3 unspecified atom stereocenters. The average molecular weight is 1140 g/mol. The van der Waals surface area contributed by atoms with Gasteiger partial charge in [0.05, 0.1) is 33.8 Å². The van der Waals surface area contributed by atoms with E-state index in [4.69, 9.17) is 13.8 Å². The largest absolute Gasteiger partial charge is 0.472 e. The highest BCUT2D eigenvalue weighted by Crippen LogP contribution is 2.43. The minimum absolute atomic E-state index is 0.0354. The first-order valence-corrected chi connectivity index (χ1v) is 35.6. The molecule has 0 aromatic carbocycles. The van der Waals surface area contributed by atoms with Crippen LogP contribution in [0.3, 0.4) is 0 Å². The van der Waals surface area contributed by atoms with E-state index < -0.39 is 20.0 Å². The van der Waals surface area contributed by atoms with Crippen molar-refractivity contribution >= 4 is 19.7 Å². The van der Waals surface area contributed by atoms with E-state index in [1.54, 1.807) is 0 Å². The number of hydrogen-bond acceptors (Lipinski definition) is 6. The average Bonchev–Trinajstić information content (AvgIpc) is 3.42. The van der Waals surface area contributed by atoms with Crippen molar-refractivity contribution in [3.8, 4) is 0 Å². The Hall–Kier alpha value is -2.29. The molecule has 10 heteroatoms. The minimum Gasteiger partial charge on any atom is -0.456 e. The molecule has 0 fully saturated rings. The molecular formula is C70H132N2O7P+. The first-order valence-electron chi connectivity index (χ1n) is 34.1. The Bertz CT molecular complexity index is 1550. The van der Waals surface area contributed by atoms with Gasteiger partial charge in [0.1, 0.15) is 19.3 Å². The van der Waals surface area contributed by atoms with Crippen molar-refractivity contribution in [2.45, 2.75) is 335 Å². The second-order valence-electron chi connectivity index (χ2n) is 24.3. The zero-order valence-corrected chi connectivity index (χ0v) is 54.5. The molecule has 0 aromatic heterocycles. The number of unbranched alkanes of at least 4 members (excludes halogenated alkanes) is 38. The number of carbonyl (C=O) groups is 2. The van der Waals surface area contributed by atoms with Crippen LogP contribution in [0.5, 0.6) is 0 Å². The Morgan fingerprint density at radius 1 is 0.438 bits per heavy atom. The molecule has 0 aliphatic carbocycles. The van der Waals surface area contributed by atoms with Gasteiger partial charge in [-0.15, -0.1) is 0 Å². The second-order valence-corrected chi connectivity index (χ2v) is 25.8. The monoisotopic (exact) mass is 1140 g/mol. The van der Waals surface area contributed by atoms with E-state index in [1.807, 2.05) is 33.3 Å². The molecule has 0 aliphatic rings. The molecule has 2 N–H and O–H groups in total. The zero-order valence-electron chi connectivity index (χ0n) is 53.6. The SMILES string of the molecule is CCCCC/C=C\C/C=C\C/C=C\CCCCCCC(=O)NC(COP(=O)(O)OCC[N+](C)(C)C)C(/C=C\CCCCCCCCCCCC)OC(=O)CCCCCCCCCCCCCCCCC/C=C/CCCCCCCC. The van der Waals surface area contributed by atoms with Gasteiger partial charge in [-0.3, -0.25) is 18.6 Å². The van der Waals surface area contributed by atoms with Gasteiger partial charge >= 0.3 is 13.8 Å². The van der Waals surface area contributed by atoms with E-state index in [0.29, 0.717) is 17.4 Å². The lowest BCUT2D eigenvalue weighted by Gasteiger charge is -2.27. The first kappa shape index (κ1) is 77.7. The number of likely N-dealkylation sites (N-methyl/N-ethyl adjacent to an activating group) is 1. The number of ether oxygens (including phenoxy) is 1. The molecule has 0 spiro atoms. The number of nitrogens with one attached hydrogen (secondary N) is 1. The molecule has 0 bridgehead atoms. The number of quaternary nitrogens is 1. The minimum atomic E-state index is -4.46. The van der Waals surface area contributed by atoms with Crippen molar-refractivity contribution in [3.05, 3.63) is 60.8 Å². The van der Waals surface area contributed by atoms with Gasteiger partial charge in [-0.1, -0.05) is 275 Å². The summed E-state index contributed by atoms with van der Waals surface area (Å²) >= 11 is 0. The fourth-order valence-corrected chi connectivity index (χ4v) is 10.6. The van der Waals surface area contributed by atoms with Crippen molar-refractivity contribution in [3.63, 3.8) is 0 Å². The predicted molar refractivity (Wildman–Crippen MR) is 346 cm³/mol. The molecule has 80 heavy (non-hydrogen) atoms. The van der Waals surface area contributed by atoms with Crippen molar-refractivity contribution in [1.29, 1.82) is 0 Å². The number of allylic oxidation sites excluding steroid dienone is 9. The van der Waals surface area contributed by atoms with Crippen LogP contribution in [0.15, 0.2) is 60.8 Å². The van der Waals surface area contributed by atoms with E-state index in [0.717, 1.165) is 83.5 Å². The molecular weight excluding hydrogens is 1010 g/mol. The predicted octanol–water partition coefficient (Wildman–Crippen LogP) is 21.4. The molecule has 0 heterocycles. The Morgan fingerprint density at radius 2 is 0.762 bits per heavy atom. The zero-order chi connectivity index (χ0) is 58.6. The third kappa shape index (κ3) is 60.3. The maximum atomic E-state index is 13.6. The van der Waals surface area contributed by atoms with Crippen LogP contribution in [-0.2, 0) is 27.9 Å². The Balaban J connectivity index is 5.10. The van der Waals surface area contributed by atoms with Crippen LogP contribution in [0.4, 0.5) is 0 Å². The van der Waals surface area contributed by atoms with E-state index in [9.17, 15) is 19.0 Å². The number of phosphoric ester groups is 1. The smallest absolute Gasteiger partial charge is 0.456 e. The fraction of sp³-hybridized carbons (Fsp3) is 0.829. The number of rotatable bonds is 62. The number of phosphoric acid groups is 1. The maximum Gasteiger partial charge on any atom is 0.472 e. The lowest BCUT2D eigenvalue weighted by molar-refractivity contribution is -0.870. The molecule has 0 saturated carbocycles. The molecule has 9 nitrogen and oxygen atoms in total. The quantitative estimate of drug-likeness (QED) is 0.0205. The number of esters is 1. The van der Waals surface area contributed by atoms with Crippen LogP contribution in [0.1, 0.15) is 323 Å². The standard InChI is InChI=1S/C70H131N2O7P/c1-7-10-13-16-19-22-25-28-30-32-33-34-35-36-37-38-39-41-43-45-48-51-54-57-60-63-70(74)79-68(61-58-55-52-49-46-27-24-21-18-15-12-9-3)67(66-78-80(75,76)77-65-64-72(4,5)6)71-69(73)62-59-56-53-50-47-44-42-40-31-29-26-23-20-17-14-11-8-2/h20,23,28-31,42,44,58,61,67-68H,7-19,21-22,24-27,32-41,43,45-57,59-60,62-66H2,1-6H3,(H-,71,73,75,76)/p+1/b23-20-,30-28+,31-29-,44-42-,61-58-. The Labute approximate surface area is 496 Å². The first-order chi connectivity index (χ1) is 38.9. The van der Waals surface area contributed by atoms with Crippen LogP contribution >= 0.6 is 7.82 Å². The lowest BCUT2D eigenvalue weighted by atomic mass is 10.0. The van der Waals surface area contributed by atoms with Crippen molar-refractivity contribution in [1.82, 2.24) is 5.32 Å². The highest BCUT2D eigenvalue weighted by atomic mass is 31.2. The maximum absolute atomic E-state index is 13.6. The summed E-state index contributed by atoms with van der Waals surface area (Å²) in [5.41, 5.74) is 0.